The van der Waals surface area contributed by atoms with Gasteiger partial charge < -0.3 is 5.32 Å². The molecule has 1 aliphatic rings. The number of hydrogen-bond donors (Lipinski definition) is 1. The lowest BCUT2D eigenvalue weighted by Gasteiger charge is -2.25. The number of rotatable bonds is 2. The van der Waals surface area contributed by atoms with Crippen molar-refractivity contribution in [3.63, 3.8) is 0 Å². The molecule has 0 aliphatic carbocycles. The maximum absolute atomic E-state index is 6.43. The molecule has 0 fully saturated rings. The number of aryl methyl sites for hydroxylation is 1. The monoisotopic (exact) mass is 356 g/mol. The molecule has 4 nitrogen and oxygen atoms in total. The Morgan fingerprint density at radius 3 is 2.67 bits per heavy atom. The van der Waals surface area contributed by atoms with Crippen LogP contribution in [0.3, 0.4) is 0 Å². The van der Waals surface area contributed by atoms with Gasteiger partial charge in [0.1, 0.15) is 12.4 Å². The molecule has 1 aromatic heterocycles. The van der Waals surface area contributed by atoms with Gasteiger partial charge >= 0.3 is 0 Å². The summed E-state index contributed by atoms with van der Waals surface area (Å²) in [6, 6.07) is 13.8. The molecular formula is C18H14Cl2N4. The molecule has 0 saturated carbocycles. The Morgan fingerprint density at radius 2 is 1.88 bits per heavy atom. The molecule has 2 aromatic carbocycles. The summed E-state index contributed by atoms with van der Waals surface area (Å²) in [5.41, 5.74) is 4.16. The number of halogens is 2. The Balaban J connectivity index is 1.85. The lowest BCUT2D eigenvalue weighted by atomic mass is 10.0. The molecule has 0 unspecified atom stereocenters. The van der Waals surface area contributed by atoms with Gasteiger partial charge in [0.2, 0.25) is 5.95 Å². The molecular weight excluding hydrogens is 343 g/mol. The second kappa shape index (κ2) is 5.96. The van der Waals surface area contributed by atoms with Gasteiger partial charge in [-0.05, 0) is 24.6 Å². The SMILES string of the molecule is Cc1ccc(C2=C[C@@H](c3cccc(Cl)c3Cl)n3ncnc3N2)cc1. The van der Waals surface area contributed by atoms with Crippen LogP contribution in [-0.2, 0) is 0 Å². The molecule has 1 atom stereocenters. The third kappa shape index (κ3) is 2.58. The molecule has 24 heavy (non-hydrogen) atoms. The van der Waals surface area contributed by atoms with E-state index in [0.717, 1.165) is 16.8 Å². The fourth-order valence-electron chi connectivity index (χ4n) is 2.81. The van der Waals surface area contributed by atoms with Gasteiger partial charge in [-0.1, -0.05) is 65.2 Å². The molecule has 4 rings (SSSR count). The number of nitrogens with one attached hydrogen (secondary N) is 1. The number of anilines is 1. The van der Waals surface area contributed by atoms with E-state index in [1.165, 1.54) is 11.9 Å². The topological polar surface area (TPSA) is 42.7 Å². The van der Waals surface area contributed by atoms with Gasteiger partial charge in [0, 0.05) is 11.3 Å². The van der Waals surface area contributed by atoms with Crippen LogP contribution in [0.4, 0.5) is 5.95 Å². The number of allylic oxidation sites excluding steroid dienone is 1. The van der Waals surface area contributed by atoms with Crippen molar-refractivity contribution in [3.05, 3.63) is 81.6 Å². The first-order chi connectivity index (χ1) is 11.6. The van der Waals surface area contributed by atoms with E-state index in [0.29, 0.717) is 16.0 Å². The minimum Gasteiger partial charge on any atom is -0.324 e. The molecule has 0 spiro atoms. The molecule has 0 radical (unpaired) electrons. The van der Waals surface area contributed by atoms with E-state index in [-0.39, 0.29) is 6.04 Å². The van der Waals surface area contributed by atoms with Crippen molar-refractivity contribution in [1.82, 2.24) is 14.8 Å². The Morgan fingerprint density at radius 1 is 1.08 bits per heavy atom. The number of fused-ring (bicyclic) bond motifs is 1. The normalized spacial score (nSPS) is 16.3. The predicted octanol–water partition coefficient (Wildman–Crippen LogP) is 4.95. The van der Waals surface area contributed by atoms with Crippen LogP contribution < -0.4 is 5.32 Å². The standard InChI is InChI=1S/C18H14Cl2N4/c1-11-5-7-12(8-6-11)15-9-16(24-18(23-15)21-10-22-24)13-3-2-4-14(19)17(13)20/h2-10,16H,1H3,(H,21,22,23)/t16-/m0/s1. The molecule has 2 heterocycles. The summed E-state index contributed by atoms with van der Waals surface area (Å²) in [5.74, 6) is 0.675. The van der Waals surface area contributed by atoms with Gasteiger partial charge in [-0.2, -0.15) is 10.1 Å². The number of aromatic nitrogens is 3. The van der Waals surface area contributed by atoms with Crippen LogP contribution in [-0.4, -0.2) is 14.8 Å². The summed E-state index contributed by atoms with van der Waals surface area (Å²) in [6.45, 7) is 2.07. The first-order valence-corrected chi connectivity index (χ1v) is 8.28. The van der Waals surface area contributed by atoms with Gasteiger partial charge in [-0.3, -0.25) is 0 Å². The summed E-state index contributed by atoms with van der Waals surface area (Å²) in [7, 11) is 0. The van der Waals surface area contributed by atoms with Crippen molar-refractivity contribution < 1.29 is 0 Å². The largest absolute Gasteiger partial charge is 0.324 e. The Kier molecular flexibility index (Phi) is 3.79. The summed E-state index contributed by atoms with van der Waals surface area (Å²) in [5, 5.41) is 8.71. The van der Waals surface area contributed by atoms with Crippen molar-refractivity contribution in [2.24, 2.45) is 0 Å². The van der Waals surface area contributed by atoms with Gasteiger partial charge in [-0.15, -0.1) is 0 Å². The van der Waals surface area contributed by atoms with E-state index in [4.69, 9.17) is 23.2 Å². The van der Waals surface area contributed by atoms with Gasteiger partial charge in [0.15, 0.2) is 0 Å². The predicted molar refractivity (Wildman–Crippen MR) is 97.4 cm³/mol. The molecule has 120 valence electrons. The van der Waals surface area contributed by atoms with E-state index >= 15 is 0 Å². The van der Waals surface area contributed by atoms with Crippen molar-refractivity contribution >= 4 is 34.8 Å². The van der Waals surface area contributed by atoms with Crippen LogP contribution in [0.25, 0.3) is 5.70 Å². The first kappa shape index (κ1) is 15.2. The number of nitrogens with zero attached hydrogens (tertiary/aromatic N) is 3. The second-order valence-corrected chi connectivity index (χ2v) is 6.47. The summed E-state index contributed by atoms with van der Waals surface area (Å²) in [6.07, 6.45) is 3.61. The fourth-order valence-corrected chi connectivity index (χ4v) is 3.23. The molecule has 6 heteroatoms. The molecule has 0 amide bonds. The summed E-state index contributed by atoms with van der Waals surface area (Å²) in [4.78, 5) is 4.30. The summed E-state index contributed by atoms with van der Waals surface area (Å²) >= 11 is 12.6. The number of benzene rings is 2. The minimum absolute atomic E-state index is 0.175. The Bertz CT molecular complexity index is 928. The lowest BCUT2D eigenvalue weighted by molar-refractivity contribution is 0.612. The quantitative estimate of drug-likeness (QED) is 0.706. The number of hydrogen-bond acceptors (Lipinski definition) is 3. The van der Waals surface area contributed by atoms with Crippen LogP contribution in [0.1, 0.15) is 22.7 Å². The van der Waals surface area contributed by atoms with Crippen LogP contribution in [0, 0.1) is 6.92 Å². The van der Waals surface area contributed by atoms with Crippen LogP contribution in [0.15, 0.2) is 54.9 Å². The smallest absolute Gasteiger partial charge is 0.226 e. The maximum Gasteiger partial charge on any atom is 0.226 e. The van der Waals surface area contributed by atoms with Crippen molar-refractivity contribution in [3.8, 4) is 0 Å². The van der Waals surface area contributed by atoms with Crippen molar-refractivity contribution in [2.45, 2.75) is 13.0 Å². The van der Waals surface area contributed by atoms with Gasteiger partial charge in [0.05, 0.1) is 10.0 Å². The Labute approximate surface area is 149 Å². The van der Waals surface area contributed by atoms with Gasteiger partial charge in [-0.25, -0.2) is 4.68 Å². The summed E-state index contributed by atoms with van der Waals surface area (Å²) < 4.78 is 1.80. The third-order valence-electron chi connectivity index (χ3n) is 4.07. The zero-order valence-corrected chi connectivity index (χ0v) is 14.4. The first-order valence-electron chi connectivity index (χ1n) is 7.53. The van der Waals surface area contributed by atoms with E-state index in [9.17, 15) is 0 Å². The highest BCUT2D eigenvalue weighted by molar-refractivity contribution is 6.42. The van der Waals surface area contributed by atoms with Crippen LogP contribution >= 0.6 is 23.2 Å². The highest BCUT2D eigenvalue weighted by Crippen LogP contribution is 2.37. The van der Waals surface area contributed by atoms with E-state index in [1.807, 2.05) is 12.1 Å². The van der Waals surface area contributed by atoms with E-state index in [2.05, 4.69) is 52.7 Å². The minimum atomic E-state index is -0.175. The molecule has 0 saturated heterocycles. The molecule has 1 aliphatic heterocycles. The average molecular weight is 357 g/mol. The van der Waals surface area contributed by atoms with Crippen molar-refractivity contribution in [1.29, 1.82) is 0 Å². The van der Waals surface area contributed by atoms with Gasteiger partial charge in [0.25, 0.3) is 0 Å². The van der Waals surface area contributed by atoms with Crippen molar-refractivity contribution in [2.75, 3.05) is 5.32 Å². The molecule has 1 N–H and O–H groups in total. The van der Waals surface area contributed by atoms with Crippen LogP contribution in [0.5, 0.6) is 0 Å². The molecule has 3 aromatic rings. The highest BCUT2D eigenvalue weighted by Gasteiger charge is 2.25. The van der Waals surface area contributed by atoms with E-state index < -0.39 is 0 Å². The zero-order valence-electron chi connectivity index (χ0n) is 12.9. The highest BCUT2D eigenvalue weighted by atomic mass is 35.5. The fraction of sp³-hybridized carbons (Fsp3) is 0.111. The maximum atomic E-state index is 6.43. The lowest BCUT2D eigenvalue weighted by Crippen LogP contribution is -2.20. The second-order valence-electron chi connectivity index (χ2n) is 5.69. The average Bonchev–Trinajstić information content (AvgIpc) is 3.06. The third-order valence-corrected chi connectivity index (χ3v) is 4.90. The Hall–Kier alpha value is -2.30. The van der Waals surface area contributed by atoms with E-state index in [1.54, 1.807) is 10.7 Å². The van der Waals surface area contributed by atoms with Crippen LogP contribution in [0.2, 0.25) is 10.0 Å². The zero-order chi connectivity index (χ0) is 16.7. The molecule has 0 bridgehead atoms.